The van der Waals surface area contributed by atoms with Crippen molar-refractivity contribution in [3.05, 3.63) is 51.6 Å². The van der Waals surface area contributed by atoms with Crippen LogP contribution in [-0.2, 0) is 4.79 Å². The van der Waals surface area contributed by atoms with Gasteiger partial charge in [-0.15, -0.1) is 10.2 Å². The minimum Gasteiger partial charge on any atom is -0.411 e. The van der Waals surface area contributed by atoms with E-state index in [1.54, 1.807) is 13.0 Å². The molecule has 9 heteroatoms. The summed E-state index contributed by atoms with van der Waals surface area (Å²) in [6, 6.07) is 9.27. The number of halogens is 2. The number of amides is 1. The number of anilines is 1. The summed E-state index contributed by atoms with van der Waals surface area (Å²) in [4.78, 5) is 16.3. The van der Waals surface area contributed by atoms with Gasteiger partial charge in [-0.25, -0.2) is 4.98 Å². The Bertz CT molecular complexity index is 944. The van der Waals surface area contributed by atoms with E-state index in [2.05, 4.69) is 20.5 Å². The number of thioether (sulfide) groups is 1. The van der Waals surface area contributed by atoms with Crippen molar-refractivity contribution in [3.8, 4) is 11.5 Å². The van der Waals surface area contributed by atoms with Gasteiger partial charge in [0.2, 0.25) is 11.8 Å². The van der Waals surface area contributed by atoms with Crippen LogP contribution in [0.3, 0.4) is 0 Å². The lowest BCUT2D eigenvalue weighted by Gasteiger charge is -2.07. The van der Waals surface area contributed by atoms with E-state index < -0.39 is 0 Å². The van der Waals surface area contributed by atoms with Crippen molar-refractivity contribution in [2.75, 3.05) is 11.1 Å². The van der Waals surface area contributed by atoms with E-state index in [4.69, 9.17) is 27.6 Å². The van der Waals surface area contributed by atoms with Crippen molar-refractivity contribution < 1.29 is 9.21 Å². The van der Waals surface area contributed by atoms with Gasteiger partial charge in [-0.2, -0.15) is 0 Å². The average Bonchev–Trinajstić information content (AvgIpc) is 3.07. The Labute approximate surface area is 164 Å². The van der Waals surface area contributed by atoms with Crippen molar-refractivity contribution in [1.29, 1.82) is 0 Å². The maximum atomic E-state index is 12.1. The first-order chi connectivity index (χ1) is 12.4. The van der Waals surface area contributed by atoms with Gasteiger partial charge in [-0.05, 0) is 32.0 Å². The van der Waals surface area contributed by atoms with Gasteiger partial charge in [0.05, 0.1) is 21.5 Å². The summed E-state index contributed by atoms with van der Waals surface area (Å²) in [5, 5.41) is 11.6. The number of nitrogens with one attached hydrogen (secondary N) is 1. The third-order valence-electron chi connectivity index (χ3n) is 3.39. The van der Waals surface area contributed by atoms with Gasteiger partial charge < -0.3 is 9.73 Å². The minimum absolute atomic E-state index is 0.0786. The highest BCUT2D eigenvalue weighted by atomic mass is 35.5. The van der Waals surface area contributed by atoms with E-state index >= 15 is 0 Å². The molecule has 0 unspecified atom stereocenters. The van der Waals surface area contributed by atoms with Crippen molar-refractivity contribution >= 4 is 46.7 Å². The molecule has 0 radical (unpaired) electrons. The van der Waals surface area contributed by atoms with Crippen LogP contribution in [0.5, 0.6) is 0 Å². The highest BCUT2D eigenvalue weighted by molar-refractivity contribution is 7.99. The van der Waals surface area contributed by atoms with Crippen LogP contribution < -0.4 is 5.32 Å². The fourth-order valence-corrected chi connectivity index (χ4v) is 2.99. The van der Waals surface area contributed by atoms with Crippen LogP contribution >= 0.6 is 35.0 Å². The van der Waals surface area contributed by atoms with Gasteiger partial charge in [0.15, 0.2) is 5.82 Å². The topological polar surface area (TPSA) is 80.9 Å². The lowest BCUT2D eigenvalue weighted by atomic mass is 10.1. The lowest BCUT2D eigenvalue weighted by Crippen LogP contribution is -2.15. The van der Waals surface area contributed by atoms with E-state index in [1.807, 2.05) is 31.2 Å². The van der Waals surface area contributed by atoms with Gasteiger partial charge in [-0.1, -0.05) is 52.7 Å². The van der Waals surface area contributed by atoms with Crippen LogP contribution in [0, 0.1) is 13.8 Å². The number of hydrogen-bond acceptors (Lipinski definition) is 6. The molecule has 0 aliphatic carbocycles. The van der Waals surface area contributed by atoms with Gasteiger partial charge in [-0.3, -0.25) is 4.79 Å². The summed E-state index contributed by atoms with van der Waals surface area (Å²) >= 11 is 13.1. The Balaban J connectivity index is 1.60. The Morgan fingerprint density at radius 2 is 1.88 bits per heavy atom. The zero-order valence-corrected chi connectivity index (χ0v) is 16.2. The summed E-state index contributed by atoms with van der Waals surface area (Å²) in [6.07, 6.45) is 0. The highest BCUT2D eigenvalue weighted by Gasteiger charge is 2.13. The number of carbonyl (C=O) groups is 1. The molecule has 3 aromatic rings. The fraction of sp³-hybridized carbons (Fsp3) is 0.176. The molecule has 0 aliphatic rings. The van der Waals surface area contributed by atoms with Crippen LogP contribution in [0.15, 0.2) is 40.0 Å². The van der Waals surface area contributed by atoms with E-state index in [-0.39, 0.29) is 22.5 Å². The first kappa shape index (κ1) is 18.7. The monoisotopic (exact) mass is 408 g/mol. The number of rotatable bonds is 5. The third-order valence-corrected chi connectivity index (χ3v) is 4.88. The molecule has 1 amide bonds. The number of nitrogens with zero attached hydrogens (tertiary/aromatic N) is 3. The lowest BCUT2D eigenvalue weighted by molar-refractivity contribution is -0.113. The second kappa shape index (κ2) is 8.07. The second-order valence-electron chi connectivity index (χ2n) is 5.46. The van der Waals surface area contributed by atoms with Crippen LogP contribution in [0.25, 0.3) is 11.5 Å². The largest absolute Gasteiger partial charge is 0.411 e. The van der Waals surface area contributed by atoms with Gasteiger partial charge in [0.1, 0.15) is 0 Å². The van der Waals surface area contributed by atoms with Crippen molar-refractivity contribution in [1.82, 2.24) is 15.2 Å². The second-order valence-corrected chi connectivity index (χ2v) is 7.20. The molecule has 2 heterocycles. The van der Waals surface area contributed by atoms with Crippen molar-refractivity contribution in [3.63, 3.8) is 0 Å². The first-order valence-corrected chi connectivity index (χ1v) is 9.32. The molecule has 0 aliphatic heterocycles. The van der Waals surface area contributed by atoms with E-state index in [0.717, 1.165) is 22.9 Å². The summed E-state index contributed by atoms with van der Waals surface area (Å²) < 4.78 is 5.57. The zero-order chi connectivity index (χ0) is 18.7. The maximum absolute atomic E-state index is 12.1. The molecular weight excluding hydrogens is 395 g/mol. The Morgan fingerprint density at radius 3 is 2.62 bits per heavy atom. The van der Waals surface area contributed by atoms with Crippen LogP contribution in [0.1, 0.15) is 11.3 Å². The number of carbonyl (C=O) groups excluding carboxylic acids is 1. The molecule has 1 N–H and O–H groups in total. The SMILES string of the molecule is Cc1ccc(-c2nnc(SCC(=O)Nc3nc(C)c(Cl)cc3Cl)o2)cc1. The molecular formula is C17H14Cl2N4O2S. The molecule has 0 spiro atoms. The molecule has 2 aromatic heterocycles. The molecule has 1 aromatic carbocycles. The highest BCUT2D eigenvalue weighted by Crippen LogP contribution is 2.27. The smallest absolute Gasteiger partial charge is 0.277 e. The van der Waals surface area contributed by atoms with Crippen molar-refractivity contribution in [2.24, 2.45) is 0 Å². The quantitative estimate of drug-likeness (QED) is 0.611. The van der Waals surface area contributed by atoms with E-state index in [0.29, 0.717) is 21.8 Å². The summed E-state index contributed by atoms with van der Waals surface area (Å²) in [5.41, 5.74) is 2.55. The predicted molar refractivity (Wildman–Crippen MR) is 103 cm³/mol. The zero-order valence-electron chi connectivity index (χ0n) is 13.9. The number of pyridine rings is 1. The maximum Gasteiger partial charge on any atom is 0.277 e. The Kier molecular flexibility index (Phi) is 5.80. The molecule has 0 fully saturated rings. The Hall–Kier alpha value is -2.09. The minimum atomic E-state index is -0.291. The number of aryl methyl sites for hydroxylation is 2. The summed E-state index contributed by atoms with van der Waals surface area (Å²) in [5.74, 6) is 0.465. The molecule has 6 nitrogen and oxygen atoms in total. The molecule has 3 rings (SSSR count). The molecule has 0 atom stereocenters. The van der Waals surface area contributed by atoms with Crippen LogP contribution in [0.2, 0.25) is 10.0 Å². The van der Waals surface area contributed by atoms with Gasteiger partial charge in [0, 0.05) is 5.56 Å². The molecule has 0 saturated carbocycles. The predicted octanol–water partition coefficient (Wildman–Crippen LogP) is 4.79. The number of aromatic nitrogens is 3. The van der Waals surface area contributed by atoms with Gasteiger partial charge in [0.25, 0.3) is 5.22 Å². The fourth-order valence-electron chi connectivity index (χ4n) is 2.02. The van der Waals surface area contributed by atoms with E-state index in [9.17, 15) is 4.79 Å². The van der Waals surface area contributed by atoms with Gasteiger partial charge >= 0.3 is 0 Å². The van der Waals surface area contributed by atoms with E-state index in [1.165, 1.54) is 0 Å². The standard InChI is InChI=1S/C17H14Cl2N4O2S/c1-9-3-5-11(6-4-9)16-22-23-17(25-16)26-8-14(24)21-15-13(19)7-12(18)10(2)20-15/h3-7H,8H2,1-2H3,(H,20,21,24). The molecule has 0 saturated heterocycles. The molecule has 26 heavy (non-hydrogen) atoms. The Morgan fingerprint density at radius 1 is 1.15 bits per heavy atom. The normalized spacial score (nSPS) is 10.8. The number of hydrogen-bond donors (Lipinski definition) is 1. The summed E-state index contributed by atoms with van der Waals surface area (Å²) in [7, 11) is 0. The van der Waals surface area contributed by atoms with Crippen LogP contribution in [-0.4, -0.2) is 26.8 Å². The van der Waals surface area contributed by atoms with Crippen LogP contribution in [0.4, 0.5) is 5.82 Å². The van der Waals surface area contributed by atoms with Crippen molar-refractivity contribution in [2.45, 2.75) is 19.1 Å². The average molecular weight is 409 g/mol. The molecule has 134 valence electrons. The summed E-state index contributed by atoms with van der Waals surface area (Å²) in [6.45, 7) is 3.73. The third kappa shape index (κ3) is 4.55. The molecule has 0 bridgehead atoms. The number of benzene rings is 1. The first-order valence-electron chi connectivity index (χ1n) is 7.58.